The van der Waals surface area contributed by atoms with Crippen LogP contribution in [0.4, 0.5) is 0 Å². The molecule has 0 heterocycles. The second-order valence-electron chi connectivity index (χ2n) is 2.97. The van der Waals surface area contributed by atoms with E-state index >= 15 is 0 Å². The zero-order valence-corrected chi connectivity index (χ0v) is 8.06. The van der Waals surface area contributed by atoms with Gasteiger partial charge >= 0.3 is 0 Å². The van der Waals surface area contributed by atoms with E-state index in [2.05, 4.69) is 33.6 Å². The highest BCUT2D eigenvalue weighted by atomic mass is 13.9. The number of hydrogen-bond acceptors (Lipinski definition) is 0. The lowest BCUT2D eigenvalue weighted by Gasteiger charge is -1.92. The molecule has 0 nitrogen and oxygen atoms in total. The summed E-state index contributed by atoms with van der Waals surface area (Å²) in [4.78, 5) is 0. The summed E-state index contributed by atoms with van der Waals surface area (Å²) in [6, 6.07) is 0. The zero-order chi connectivity index (χ0) is 9.28. The highest BCUT2D eigenvalue weighted by Crippen LogP contribution is 1.96. The molecule has 0 aromatic rings. The van der Waals surface area contributed by atoms with Gasteiger partial charge in [-0.15, -0.1) is 6.58 Å². The molecule has 0 fully saturated rings. The minimum atomic E-state index is 0.780. The maximum atomic E-state index is 3.60. The molecule has 0 aromatic heterocycles. The standard InChI is InChI=1S/C6H12.C5H8/c1-4-5-6(2)3;1-4-5(2)3/h4,6H,1,5H2,2-3H3;4H,1-2H2,3H3. The SMILES string of the molecule is C=CC(=C)C.C=CCC(C)C. The lowest BCUT2D eigenvalue weighted by Crippen LogP contribution is -1.78. The maximum absolute atomic E-state index is 3.60. The first kappa shape index (κ1) is 12.9. The summed E-state index contributed by atoms with van der Waals surface area (Å²) < 4.78 is 0. The second-order valence-corrected chi connectivity index (χ2v) is 2.97. The van der Waals surface area contributed by atoms with Crippen LogP contribution in [-0.2, 0) is 0 Å². The van der Waals surface area contributed by atoms with Gasteiger partial charge in [-0.2, -0.15) is 0 Å². The van der Waals surface area contributed by atoms with E-state index in [0.29, 0.717) is 0 Å². The zero-order valence-electron chi connectivity index (χ0n) is 8.06. The Labute approximate surface area is 71.3 Å². The molecule has 0 aliphatic rings. The van der Waals surface area contributed by atoms with Gasteiger partial charge in [0.2, 0.25) is 0 Å². The first-order valence-corrected chi connectivity index (χ1v) is 3.93. The van der Waals surface area contributed by atoms with Gasteiger partial charge in [0.05, 0.1) is 0 Å². The van der Waals surface area contributed by atoms with Crippen LogP contribution in [0.25, 0.3) is 0 Å². The number of hydrogen-bond donors (Lipinski definition) is 0. The Kier molecular flexibility index (Phi) is 10.8. The van der Waals surface area contributed by atoms with Crippen LogP contribution in [0.15, 0.2) is 37.5 Å². The summed E-state index contributed by atoms with van der Waals surface area (Å²) in [7, 11) is 0. The molecule has 0 unspecified atom stereocenters. The molecular formula is C11H20. The molecule has 0 aliphatic carbocycles. The lowest BCUT2D eigenvalue weighted by molar-refractivity contribution is 0.664. The summed E-state index contributed by atoms with van der Waals surface area (Å²) in [5, 5.41) is 0. The van der Waals surface area contributed by atoms with Crippen LogP contribution in [0.3, 0.4) is 0 Å². The third kappa shape index (κ3) is 27.0. The molecule has 0 radical (unpaired) electrons. The molecule has 0 atom stereocenters. The Bertz CT molecular complexity index is 118. The maximum Gasteiger partial charge on any atom is -0.0330 e. The Hall–Kier alpha value is -0.780. The Morgan fingerprint density at radius 3 is 1.73 bits per heavy atom. The molecule has 0 spiro atoms. The Morgan fingerprint density at radius 2 is 1.73 bits per heavy atom. The van der Waals surface area contributed by atoms with Gasteiger partial charge in [0.25, 0.3) is 0 Å². The van der Waals surface area contributed by atoms with Crippen LogP contribution < -0.4 is 0 Å². The molecule has 0 aromatic carbocycles. The minimum absolute atomic E-state index is 0.780. The van der Waals surface area contributed by atoms with Crippen molar-refractivity contribution in [2.24, 2.45) is 5.92 Å². The fourth-order valence-electron chi connectivity index (χ4n) is 0.333. The van der Waals surface area contributed by atoms with Crippen molar-refractivity contribution >= 4 is 0 Å². The summed E-state index contributed by atoms with van der Waals surface area (Å²) in [6.45, 7) is 16.9. The van der Waals surface area contributed by atoms with Crippen molar-refractivity contribution in [1.29, 1.82) is 0 Å². The molecule has 11 heavy (non-hydrogen) atoms. The second kappa shape index (κ2) is 9.22. The highest BCUT2D eigenvalue weighted by molar-refractivity contribution is 5.05. The summed E-state index contributed by atoms with van der Waals surface area (Å²) in [5.74, 6) is 0.780. The van der Waals surface area contributed by atoms with E-state index in [-0.39, 0.29) is 0 Å². The predicted molar refractivity (Wildman–Crippen MR) is 54.7 cm³/mol. The molecule has 0 amide bonds. The van der Waals surface area contributed by atoms with Crippen molar-refractivity contribution in [1.82, 2.24) is 0 Å². The van der Waals surface area contributed by atoms with Gasteiger partial charge in [-0.3, -0.25) is 0 Å². The molecule has 64 valence electrons. The van der Waals surface area contributed by atoms with Gasteiger partial charge in [-0.25, -0.2) is 0 Å². The van der Waals surface area contributed by atoms with Crippen molar-refractivity contribution in [2.75, 3.05) is 0 Å². The third-order valence-electron chi connectivity index (χ3n) is 0.987. The van der Waals surface area contributed by atoms with Gasteiger partial charge in [-0.05, 0) is 19.3 Å². The molecule has 0 saturated carbocycles. The number of allylic oxidation sites excluding steroid dienone is 3. The van der Waals surface area contributed by atoms with E-state index in [1.54, 1.807) is 6.08 Å². The lowest BCUT2D eigenvalue weighted by atomic mass is 10.1. The van der Waals surface area contributed by atoms with Gasteiger partial charge in [0, 0.05) is 0 Å². The van der Waals surface area contributed by atoms with Crippen molar-refractivity contribution < 1.29 is 0 Å². The van der Waals surface area contributed by atoms with Crippen LogP contribution in [0, 0.1) is 5.92 Å². The predicted octanol–water partition coefficient (Wildman–Crippen LogP) is 3.97. The first-order chi connectivity index (χ1) is 5.04. The van der Waals surface area contributed by atoms with Gasteiger partial charge in [0.1, 0.15) is 0 Å². The van der Waals surface area contributed by atoms with Crippen LogP contribution in [0.2, 0.25) is 0 Å². The van der Waals surface area contributed by atoms with E-state index in [4.69, 9.17) is 0 Å². The molecule has 0 rings (SSSR count). The quantitative estimate of drug-likeness (QED) is 0.424. The van der Waals surface area contributed by atoms with Gasteiger partial charge < -0.3 is 0 Å². The average molecular weight is 152 g/mol. The first-order valence-electron chi connectivity index (χ1n) is 3.93. The van der Waals surface area contributed by atoms with Gasteiger partial charge in [-0.1, -0.05) is 44.7 Å². The van der Waals surface area contributed by atoms with Crippen molar-refractivity contribution in [2.45, 2.75) is 27.2 Å². The van der Waals surface area contributed by atoms with Crippen LogP contribution in [0.1, 0.15) is 27.2 Å². The molecule has 0 N–H and O–H groups in total. The normalized spacial score (nSPS) is 8.00. The van der Waals surface area contributed by atoms with Crippen LogP contribution >= 0.6 is 0 Å². The topological polar surface area (TPSA) is 0 Å². The third-order valence-corrected chi connectivity index (χ3v) is 0.987. The minimum Gasteiger partial charge on any atom is -0.103 e. The summed E-state index contributed by atoms with van der Waals surface area (Å²) >= 11 is 0. The smallest absolute Gasteiger partial charge is 0.0330 e. The monoisotopic (exact) mass is 152 g/mol. The van der Waals surface area contributed by atoms with E-state index in [1.807, 2.05) is 13.0 Å². The van der Waals surface area contributed by atoms with E-state index < -0.39 is 0 Å². The molecule has 0 saturated heterocycles. The largest absolute Gasteiger partial charge is 0.103 e. The Morgan fingerprint density at radius 1 is 1.36 bits per heavy atom. The summed E-state index contributed by atoms with van der Waals surface area (Å²) in [5.41, 5.74) is 1.02. The Balaban J connectivity index is 0. The molecular weight excluding hydrogens is 132 g/mol. The van der Waals surface area contributed by atoms with Crippen molar-refractivity contribution in [3.05, 3.63) is 37.5 Å². The van der Waals surface area contributed by atoms with Crippen LogP contribution in [-0.4, -0.2) is 0 Å². The van der Waals surface area contributed by atoms with Gasteiger partial charge in [0.15, 0.2) is 0 Å². The summed E-state index contributed by atoms with van der Waals surface area (Å²) in [6.07, 6.45) is 4.81. The van der Waals surface area contributed by atoms with Crippen molar-refractivity contribution in [3.63, 3.8) is 0 Å². The van der Waals surface area contributed by atoms with E-state index in [0.717, 1.165) is 17.9 Å². The fraction of sp³-hybridized carbons (Fsp3) is 0.455. The molecule has 0 aliphatic heterocycles. The molecule has 0 heteroatoms. The van der Waals surface area contributed by atoms with E-state index in [9.17, 15) is 0 Å². The average Bonchev–Trinajstić information content (AvgIpc) is 1.89. The number of rotatable bonds is 3. The fourth-order valence-corrected chi connectivity index (χ4v) is 0.333. The van der Waals surface area contributed by atoms with Crippen LogP contribution in [0.5, 0.6) is 0 Å². The highest BCUT2D eigenvalue weighted by Gasteiger charge is 1.82. The molecule has 0 bridgehead atoms. The van der Waals surface area contributed by atoms with E-state index in [1.165, 1.54) is 0 Å². The van der Waals surface area contributed by atoms with Crippen molar-refractivity contribution in [3.8, 4) is 0 Å².